The second kappa shape index (κ2) is 5.02. The number of hydrogen-bond donors (Lipinski definition) is 2. The van der Waals surface area contributed by atoms with Gasteiger partial charge in [-0.3, -0.25) is 4.79 Å². The number of halogens is 1. The molecule has 1 heterocycles. The van der Waals surface area contributed by atoms with Crippen LogP contribution in [0.4, 0.5) is 5.13 Å². The van der Waals surface area contributed by atoms with Gasteiger partial charge in [0, 0.05) is 13.5 Å². The van der Waals surface area contributed by atoms with Crippen molar-refractivity contribution < 1.29 is 4.79 Å². The monoisotopic (exact) mass is 208 g/mol. The number of carbonyl (C=O) groups excluding carboxylic acids is 1. The molecule has 12 heavy (non-hydrogen) atoms. The fourth-order valence-corrected chi connectivity index (χ4v) is 1.20. The zero-order valence-electron chi connectivity index (χ0n) is 6.40. The average molecular weight is 209 g/mol. The molecular weight excluding hydrogens is 200 g/mol. The Morgan fingerprint density at radius 3 is 2.75 bits per heavy atom. The summed E-state index contributed by atoms with van der Waals surface area (Å²) in [7, 11) is 0. The topological polar surface area (TPSA) is 80.9 Å². The smallest absolute Gasteiger partial charge is 0.223 e. The number of nitrogens with two attached hydrogens (primary N) is 1. The summed E-state index contributed by atoms with van der Waals surface area (Å²) in [4.78, 5) is 10.5. The van der Waals surface area contributed by atoms with E-state index >= 15 is 0 Å². The van der Waals surface area contributed by atoms with Crippen LogP contribution in [0.1, 0.15) is 11.9 Å². The number of nitrogens with zero attached hydrogens (tertiary/aromatic N) is 2. The molecule has 5 nitrogen and oxygen atoms in total. The van der Waals surface area contributed by atoms with Crippen molar-refractivity contribution in [3.63, 3.8) is 0 Å². The molecule has 1 aromatic rings. The third kappa shape index (κ3) is 3.12. The van der Waals surface area contributed by atoms with Gasteiger partial charge in [-0.25, -0.2) is 0 Å². The van der Waals surface area contributed by atoms with Gasteiger partial charge >= 0.3 is 0 Å². The van der Waals surface area contributed by atoms with Gasteiger partial charge in [-0.15, -0.1) is 22.6 Å². The average Bonchev–Trinajstić information content (AvgIpc) is 2.34. The van der Waals surface area contributed by atoms with Crippen molar-refractivity contribution in [2.75, 3.05) is 5.32 Å². The molecule has 0 aromatic carbocycles. The predicted octanol–water partition coefficient (Wildman–Crippen LogP) is 0.377. The van der Waals surface area contributed by atoms with Crippen molar-refractivity contribution in [3.8, 4) is 0 Å². The number of carbonyl (C=O) groups is 1. The van der Waals surface area contributed by atoms with Gasteiger partial charge in [-0.2, -0.15) is 0 Å². The minimum atomic E-state index is -0.148. The molecule has 0 aliphatic rings. The van der Waals surface area contributed by atoms with Crippen LogP contribution in [0.15, 0.2) is 0 Å². The van der Waals surface area contributed by atoms with Crippen molar-refractivity contribution in [2.24, 2.45) is 5.73 Å². The molecule has 0 saturated heterocycles. The van der Waals surface area contributed by atoms with E-state index in [1.165, 1.54) is 18.3 Å². The summed E-state index contributed by atoms with van der Waals surface area (Å²) >= 11 is 1.28. The lowest BCUT2D eigenvalue weighted by Crippen LogP contribution is -2.04. The van der Waals surface area contributed by atoms with Crippen LogP contribution in [0.2, 0.25) is 0 Å². The second-order valence-electron chi connectivity index (χ2n) is 1.89. The first-order chi connectivity index (χ1) is 5.22. The molecule has 0 saturated carbocycles. The maximum absolute atomic E-state index is 10.5. The summed E-state index contributed by atoms with van der Waals surface area (Å²) in [6, 6.07) is 0. The van der Waals surface area contributed by atoms with Gasteiger partial charge in [0.25, 0.3) is 0 Å². The predicted molar refractivity (Wildman–Crippen MR) is 49.4 cm³/mol. The largest absolute Gasteiger partial charge is 0.324 e. The summed E-state index contributed by atoms with van der Waals surface area (Å²) in [6.45, 7) is 1.78. The van der Waals surface area contributed by atoms with Gasteiger partial charge < -0.3 is 11.1 Å². The fourth-order valence-electron chi connectivity index (χ4n) is 0.537. The molecule has 0 spiro atoms. The Morgan fingerprint density at radius 1 is 1.67 bits per heavy atom. The molecular formula is C5H9ClN4OS. The second-order valence-corrected chi connectivity index (χ2v) is 2.95. The Kier molecular flexibility index (Phi) is 4.72. The molecule has 0 unspecified atom stereocenters. The van der Waals surface area contributed by atoms with Gasteiger partial charge in [-0.1, -0.05) is 11.3 Å². The van der Waals surface area contributed by atoms with Crippen LogP contribution in [0.5, 0.6) is 0 Å². The van der Waals surface area contributed by atoms with E-state index in [4.69, 9.17) is 5.73 Å². The van der Waals surface area contributed by atoms with E-state index in [9.17, 15) is 4.79 Å². The Balaban J connectivity index is 0.00000121. The van der Waals surface area contributed by atoms with Gasteiger partial charge in [-0.05, 0) is 0 Å². The van der Waals surface area contributed by atoms with Crippen LogP contribution in [-0.4, -0.2) is 16.1 Å². The summed E-state index contributed by atoms with van der Waals surface area (Å²) < 4.78 is 0. The Labute approximate surface area is 79.8 Å². The molecule has 0 fully saturated rings. The molecule has 68 valence electrons. The van der Waals surface area contributed by atoms with Crippen LogP contribution in [-0.2, 0) is 11.3 Å². The summed E-state index contributed by atoms with van der Waals surface area (Å²) in [6.07, 6.45) is 0. The fraction of sp³-hybridized carbons (Fsp3) is 0.400. The number of nitrogens with one attached hydrogen (secondary N) is 1. The number of amides is 1. The molecule has 0 radical (unpaired) electrons. The highest BCUT2D eigenvalue weighted by Crippen LogP contribution is 2.13. The molecule has 1 amide bonds. The van der Waals surface area contributed by atoms with Gasteiger partial charge in [0.1, 0.15) is 5.01 Å². The van der Waals surface area contributed by atoms with Crippen molar-refractivity contribution in [1.82, 2.24) is 10.2 Å². The number of rotatable bonds is 2. The standard InChI is InChI=1S/C5H8N4OS.ClH/c1-3(10)7-5-9-8-4(2-6)11-5;/h2,6H2,1H3,(H,7,9,10);1H. The van der Waals surface area contributed by atoms with E-state index in [-0.39, 0.29) is 18.3 Å². The van der Waals surface area contributed by atoms with Gasteiger partial charge in [0.15, 0.2) is 0 Å². The zero-order chi connectivity index (χ0) is 8.27. The van der Waals surface area contributed by atoms with E-state index in [1.807, 2.05) is 0 Å². The molecule has 0 aliphatic carbocycles. The first kappa shape index (κ1) is 11.3. The first-order valence-electron chi connectivity index (χ1n) is 3.02. The highest BCUT2D eigenvalue weighted by molar-refractivity contribution is 7.15. The molecule has 1 rings (SSSR count). The van der Waals surface area contributed by atoms with Crippen molar-refractivity contribution in [2.45, 2.75) is 13.5 Å². The van der Waals surface area contributed by atoms with E-state index in [1.54, 1.807) is 0 Å². The maximum Gasteiger partial charge on any atom is 0.223 e. The molecule has 7 heteroatoms. The Bertz CT molecular complexity index is 264. The molecule has 0 aliphatic heterocycles. The highest BCUT2D eigenvalue weighted by Gasteiger charge is 2.02. The lowest BCUT2D eigenvalue weighted by molar-refractivity contribution is -0.114. The van der Waals surface area contributed by atoms with Crippen LogP contribution in [0.3, 0.4) is 0 Å². The molecule has 3 N–H and O–H groups in total. The van der Waals surface area contributed by atoms with Crippen LogP contribution in [0, 0.1) is 0 Å². The summed E-state index contributed by atoms with van der Waals surface area (Å²) in [5.74, 6) is -0.148. The zero-order valence-corrected chi connectivity index (χ0v) is 8.04. The summed E-state index contributed by atoms with van der Waals surface area (Å²) in [5, 5.41) is 11.1. The van der Waals surface area contributed by atoms with Crippen LogP contribution in [0.25, 0.3) is 0 Å². The number of aromatic nitrogens is 2. The minimum Gasteiger partial charge on any atom is -0.324 e. The SMILES string of the molecule is CC(=O)Nc1nnc(CN)s1.Cl. The molecule has 0 bridgehead atoms. The third-order valence-electron chi connectivity index (χ3n) is 0.924. The number of anilines is 1. The van der Waals surface area contributed by atoms with Gasteiger partial charge in [0.2, 0.25) is 11.0 Å². The minimum absolute atomic E-state index is 0. The normalized spacial score (nSPS) is 8.83. The Hall–Kier alpha value is -0.720. The van der Waals surface area contributed by atoms with Gasteiger partial charge in [0.05, 0.1) is 0 Å². The van der Waals surface area contributed by atoms with E-state index in [0.29, 0.717) is 16.7 Å². The first-order valence-corrected chi connectivity index (χ1v) is 3.84. The lowest BCUT2D eigenvalue weighted by Gasteiger charge is -1.90. The molecule has 1 aromatic heterocycles. The third-order valence-corrected chi connectivity index (χ3v) is 1.79. The summed E-state index contributed by atoms with van der Waals surface area (Å²) in [5.41, 5.74) is 5.29. The van der Waals surface area contributed by atoms with E-state index in [2.05, 4.69) is 15.5 Å². The Morgan fingerprint density at radius 2 is 2.33 bits per heavy atom. The van der Waals surface area contributed by atoms with Crippen LogP contribution >= 0.6 is 23.7 Å². The molecule has 0 atom stereocenters. The maximum atomic E-state index is 10.5. The van der Waals surface area contributed by atoms with E-state index in [0.717, 1.165) is 0 Å². The number of hydrogen-bond acceptors (Lipinski definition) is 5. The van der Waals surface area contributed by atoms with Crippen molar-refractivity contribution in [3.05, 3.63) is 5.01 Å². The van der Waals surface area contributed by atoms with E-state index < -0.39 is 0 Å². The van der Waals surface area contributed by atoms with Crippen LogP contribution < -0.4 is 11.1 Å². The van der Waals surface area contributed by atoms with Crippen molar-refractivity contribution in [1.29, 1.82) is 0 Å². The van der Waals surface area contributed by atoms with Crippen molar-refractivity contribution >= 4 is 34.8 Å². The quantitative estimate of drug-likeness (QED) is 0.736. The lowest BCUT2D eigenvalue weighted by atomic mass is 10.7. The highest BCUT2D eigenvalue weighted by atomic mass is 35.5.